The van der Waals surface area contributed by atoms with E-state index in [9.17, 15) is 9.59 Å². The first-order valence-electron chi connectivity index (χ1n) is 9.41. The largest absolute Gasteiger partial charge is 0.465 e. The Morgan fingerprint density at radius 3 is 2.74 bits per heavy atom. The summed E-state index contributed by atoms with van der Waals surface area (Å²) >= 11 is 0. The van der Waals surface area contributed by atoms with Gasteiger partial charge in [0.15, 0.2) is 0 Å². The van der Waals surface area contributed by atoms with Crippen molar-refractivity contribution in [2.45, 2.75) is 52.4 Å². The zero-order chi connectivity index (χ0) is 19.4. The van der Waals surface area contributed by atoms with E-state index in [1.807, 2.05) is 32.9 Å². The SMILES string of the molecule is CCNC(=O)[C@@H]1C[C@@H](NC(=O)c2ccn(CC)n2)CN1Cc1ccc(C)o1. The predicted molar refractivity (Wildman–Crippen MR) is 100 cm³/mol. The lowest BCUT2D eigenvalue weighted by Gasteiger charge is -2.22. The quantitative estimate of drug-likeness (QED) is 0.764. The van der Waals surface area contributed by atoms with Crippen molar-refractivity contribution in [1.82, 2.24) is 25.3 Å². The number of likely N-dealkylation sites (tertiary alicyclic amines) is 1. The molecular formula is C19H27N5O3. The highest BCUT2D eigenvalue weighted by molar-refractivity contribution is 5.92. The van der Waals surface area contributed by atoms with Gasteiger partial charge < -0.3 is 15.1 Å². The van der Waals surface area contributed by atoms with Crippen molar-refractivity contribution in [2.75, 3.05) is 13.1 Å². The van der Waals surface area contributed by atoms with Crippen LogP contribution < -0.4 is 10.6 Å². The Hall–Kier alpha value is -2.61. The van der Waals surface area contributed by atoms with E-state index in [0.29, 0.717) is 38.3 Å². The molecule has 2 aromatic heterocycles. The molecule has 2 aromatic rings. The standard InChI is InChI=1S/C19H27N5O3/c1-4-20-19(26)17-10-14(11-23(17)12-15-7-6-13(3)27-15)21-18(25)16-8-9-24(5-2)22-16/h6-9,14,17H,4-5,10-12H2,1-3H3,(H,20,26)(H,21,25)/t14-,17+/m1/s1. The van der Waals surface area contributed by atoms with Crippen LogP contribution in [0, 0.1) is 6.92 Å². The molecule has 0 saturated carbocycles. The van der Waals surface area contributed by atoms with E-state index in [0.717, 1.165) is 11.5 Å². The number of amides is 2. The average Bonchev–Trinajstić information content (AvgIpc) is 3.35. The van der Waals surface area contributed by atoms with Crippen LogP contribution in [0.5, 0.6) is 0 Å². The van der Waals surface area contributed by atoms with Crippen molar-refractivity contribution in [2.24, 2.45) is 0 Å². The molecule has 2 atom stereocenters. The second-order valence-corrected chi connectivity index (χ2v) is 6.81. The van der Waals surface area contributed by atoms with E-state index in [1.54, 1.807) is 16.9 Å². The third kappa shape index (κ3) is 4.57. The lowest BCUT2D eigenvalue weighted by molar-refractivity contribution is -0.125. The molecule has 0 aliphatic carbocycles. The smallest absolute Gasteiger partial charge is 0.272 e. The van der Waals surface area contributed by atoms with Gasteiger partial charge in [0, 0.05) is 31.9 Å². The second-order valence-electron chi connectivity index (χ2n) is 6.81. The van der Waals surface area contributed by atoms with Crippen LogP contribution in [-0.4, -0.2) is 51.7 Å². The average molecular weight is 373 g/mol. The van der Waals surface area contributed by atoms with Gasteiger partial charge >= 0.3 is 0 Å². The highest BCUT2D eigenvalue weighted by atomic mass is 16.3. The first-order valence-corrected chi connectivity index (χ1v) is 9.41. The molecular weight excluding hydrogens is 346 g/mol. The summed E-state index contributed by atoms with van der Waals surface area (Å²) in [4.78, 5) is 27.0. The van der Waals surface area contributed by atoms with Gasteiger partial charge in [-0.05, 0) is 45.4 Å². The van der Waals surface area contributed by atoms with E-state index < -0.39 is 0 Å². The molecule has 8 heteroatoms. The number of aryl methyl sites for hydroxylation is 2. The van der Waals surface area contributed by atoms with Crippen molar-refractivity contribution < 1.29 is 14.0 Å². The van der Waals surface area contributed by atoms with Gasteiger partial charge in [-0.1, -0.05) is 0 Å². The molecule has 0 bridgehead atoms. The van der Waals surface area contributed by atoms with Gasteiger partial charge in [0.2, 0.25) is 5.91 Å². The number of furan rings is 1. The van der Waals surface area contributed by atoms with Gasteiger partial charge in [0.25, 0.3) is 5.91 Å². The van der Waals surface area contributed by atoms with Gasteiger partial charge in [0.05, 0.1) is 12.6 Å². The van der Waals surface area contributed by atoms with Crippen LogP contribution in [0.2, 0.25) is 0 Å². The molecule has 0 spiro atoms. The summed E-state index contributed by atoms with van der Waals surface area (Å²) in [5.41, 5.74) is 0.395. The molecule has 3 heterocycles. The number of hydrogen-bond donors (Lipinski definition) is 2. The predicted octanol–water partition coefficient (Wildman–Crippen LogP) is 1.31. The van der Waals surface area contributed by atoms with Crippen molar-refractivity contribution in [3.8, 4) is 0 Å². The van der Waals surface area contributed by atoms with Crippen LogP contribution in [0.4, 0.5) is 0 Å². The van der Waals surface area contributed by atoms with Gasteiger partial charge in [-0.15, -0.1) is 0 Å². The normalized spacial score (nSPS) is 20.0. The summed E-state index contributed by atoms with van der Waals surface area (Å²) in [6, 6.07) is 5.13. The number of carbonyl (C=O) groups excluding carboxylic acids is 2. The summed E-state index contributed by atoms with van der Waals surface area (Å²) in [6.45, 7) is 8.18. The van der Waals surface area contributed by atoms with Crippen molar-refractivity contribution in [3.63, 3.8) is 0 Å². The highest BCUT2D eigenvalue weighted by Crippen LogP contribution is 2.22. The lowest BCUT2D eigenvalue weighted by Crippen LogP contribution is -2.42. The second kappa shape index (κ2) is 8.39. The van der Waals surface area contributed by atoms with Crippen LogP contribution >= 0.6 is 0 Å². The van der Waals surface area contributed by atoms with E-state index in [4.69, 9.17) is 4.42 Å². The zero-order valence-corrected chi connectivity index (χ0v) is 16.1. The summed E-state index contributed by atoms with van der Waals surface area (Å²) < 4.78 is 7.38. The molecule has 0 radical (unpaired) electrons. The van der Waals surface area contributed by atoms with Crippen molar-refractivity contribution >= 4 is 11.8 Å². The van der Waals surface area contributed by atoms with Crippen LogP contribution in [0.15, 0.2) is 28.8 Å². The number of rotatable bonds is 7. The lowest BCUT2D eigenvalue weighted by atomic mass is 10.1. The summed E-state index contributed by atoms with van der Waals surface area (Å²) in [7, 11) is 0. The molecule has 8 nitrogen and oxygen atoms in total. The molecule has 27 heavy (non-hydrogen) atoms. The first-order chi connectivity index (χ1) is 13.0. The summed E-state index contributed by atoms with van der Waals surface area (Å²) in [5.74, 6) is 1.43. The first kappa shape index (κ1) is 19.2. The van der Waals surface area contributed by atoms with E-state index in [-0.39, 0.29) is 23.9 Å². The van der Waals surface area contributed by atoms with E-state index >= 15 is 0 Å². The Morgan fingerprint density at radius 1 is 1.30 bits per heavy atom. The van der Waals surface area contributed by atoms with Crippen LogP contribution in [-0.2, 0) is 17.9 Å². The minimum Gasteiger partial charge on any atom is -0.465 e. The minimum atomic E-state index is -0.297. The third-order valence-corrected chi connectivity index (χ3v) is 4.74. The van der Waals surface area contributed by atoms with Gasteiger partial charge in [-0.2, -0.15) is 5.10 Å². The van der Waals surface area contributed by atoms with Crippen LogP contribution in [0.25, 0.3) is 0 Å². The maximum atomic E-state index is 12.5. The van der Waals surface area contributed by atoms with Crippen LogP contribution in [0.3, 0.4) is 0 Å². The fourth-order valence-electron chi connectivity index (χ4n) is 3.44. The fourth-order valence-corrected chi connectivity index (χ4v) is 3.44. The molecule has 1 aliphatic heterocycles. The zero-order valence-electron chi connectivity index (χ0n) is 16.1. The van der Waals surface area contributed by atoms with E-state index in [1.165, 1.54) is 0 Å². The number of nitrogens with one attached hydrogen (secondary N) is 2. The number of hydrogen-bond acceptors (Lipinski definition) is 5. The van der Waals surface area contributed by atoms with Crippen LogP contribution in [0.1, 0.15) is 42.3 Å². The number of carbonyl (C=O) groups is 2. The number of nitrogens with zero attached hydrogens (tertiary/aromatic N) is 3. The molecule has 1 fully saturated rings. The molecule has 1 aliphatic rings. The topological polar surface area (TPSA) is 92.4 Å². The summed E-state index contributed by atoms with van der Waals surface area (Å²) in [6.07, 6.45) is 2.35. The molecule has 2 amide bonds. The molecule has 3 rings (SSSR count). The van der Waals surface area contributed by atoms with Gasteiger partial charge in [-0.3, -0.25) is 19.2 Å². The van der Waals surface area contributed by atoms with Gasteiger partial charge in [0.1, 0.15) is 17.2 Å². The monoisotopic (exact) mass is 373 g/mol. The van der Waals surface area contributed by atoms with Crippen molar-refractivity contribution in [3.05, 3.63) is 41.6 Å². The maximum absolute atomic E-state index is 12.5. The molecule has 0 unspecified atom stereocenters. The molecule has 2 N–H and O–H groups in total. The Morgan fingerprint density at radius 2 is 2.11 bits per heavy atom. The number of aromatic nitrogens is 2. The molecule has 0 aromatic carbocycles. The Kier molecular flexibility index (Phi) is 5.95. The fraction of sp³-hybridized carbons (Fsp3) is 0.526. The van der Waals surface area contributed by atoms with Crippen molar-refractivity contribution in [1.29, 1.82) is 0 Å². The number of likely N-dealkylation sites (N-methyl/N-ethyl adjacent to an activating group) is 1. The third-order valence-electron chi connectivity index (χ3n) is 4.74. The molecule has 1 saturated heterocycles. The Balaban J connectivity index is 1.67. The van der Waals surface area contributed by atoms with Gasteiger partial charge in [-0.25, -0.2) is 0 Å². The maximum Gasteiger partial charge on any atom is 0.272 e. The van der Waals surface area contributed by atoms with E-state index in [2.05, 4.69) is 20.6 Å². The summed E-state index contributed by atoms with van der Waals surface area (Å²) in [5, 5.41) is 10.1. The highest BCUT2D eigenvalue weighted by Gasteiger charge is 2.37. The Bertz CT molecular complexity index is 797. The Labute approximate surface area is 158 Å². The minimum absolute atomic E-state index is 0.0206. The molecule has 146 valence electrons.